The molecule has 0 saturated carbocycles. The molecule has 2 rings (SSSR count). The van der Waals surface area contributed by atoms with Crippen LogP contribution in [0.4, 0.5) is 0 Å². The summed E-state index contributed by atoms with van der Waals surface area (Å²) < 4.78 is 12.9. The first kappa shape index (κ1) is 14.5. The lowest BCUT2D eigenvalue weighted by Gasteiger charge is -2.32. The first-order valence-electron chi connectivity index (χ1n) is 6.03. The van der Waals surface area contributed by atoms with E-state index in [1.807, 2.05) is 6.07 Å². The number of hydrogen-bond acceptors (Lipinski definition) is 4. The van der Waals surface area contributed by atoms with E-state index in [-0.39, 0.29) is 12.1 Å². The van der Waals surface area contributed by atoms with Gasteiger partial charge in [-0.15, -0.1) is 0 Å². The topological polar surface area (TPSA) is 51.6 Å². The third-order valence-electron chi connectivity index (χ3n) is 3.57. The molecule has 3 atom stereocenters. The molecule has 0 spiro atoms. The van der Waals surface area contributed by atoms with Crippen molar-refractivity contribution in [2.75, 3.05) is 20.2 Å². The largest absolute Gasteiger partial charge is 0.451 e. The third-order valence-corrected chi connectivity index (χ3v) is 5.28. The smallest absolute Gasteiger partial charge is 0.183 e. The van der Waals surface area contributed by atoms with Crippen LogP contribution >= 0.6 is 31.9 Å². The number of likely N-dealkylation sites (N-methyl/N-ethyl adjacent to an activating group) is 1. The molecule has 2 N–H and O–H groups in total. The Bertz CT molecular complexity index is 391. The van der Waals surface area contributed by atoms with Gasteiger partial charge in [0.25, 0.3) is 0 Å². The van der Waals surface area contributed by atoms with Crippen LogP contribution in [0.15, 0.2) is 19.6 Å². The molecule has 1 aliphatic heterocycles. The van der Waals surface area contributed by atoms with E-state index in [9.17, 15) is 0 Å². The first-order valence-corrected chi connectivity index (χ1v) is 7.61. The van der Waals surface area contributed by atoms with Crippen molar-refractivity contribution in [2.45, 2.75) is 31.5 Å². The number of hydrogen-bond donors (Lipinski definition) is 1. The molecule has 6 heteroatoms. The minimum atomic E-state index is 0.0711. The predicted molar refractivity (Wildman–Crippen MR) is 77.5 cm³/mol. The van der Waals surface area contributed by atoms with E-state index in [2.05, 4.69) is 50.7 Å². The van der Waals surface area contributed by atoms with Gasteiger partial charge in [0.1, 0.15) is 5.76 Å². The van der Waals surface area contributed by atoms with Crippen molar-refractivity contribution >= 4 is 31.9 Å². The fourth-order valence-electron chi connectivity index (χ4n) is 2.50. The summed E-state index contributed by atoms with van der Waals surface area (Å²) in [7, 11) is 2.08. The minimum absolute atomic E-state index is 0.0711. The van der Waals surface area contributed by atoms with E-state index >= 15 is 0 Å². The lowest BCUT2D eigenvalue weighted by molar-refractivity contribution is 0.0640. The second-order valence-electron chi connectivity index (χ2n) is 4.62. The minimum Gasteiger partial charge on any atom is -0.451 e. The molecule has 3 unspecified atom stereocenters. The van der Waals surface area contributed by atoms with Gasteiger partial charge in [-0.05, 0) is 58.3 Å². The maximum atomic E-state index is 5.91. The molecule has 1 fully saturated rings. The summed E-state index contributed by atoms with van der Waals surface area (Å²) in [5.74, 6) is 0.873. The zero-order valence-electron chi connectivity index (χ0n) is 10.5. The zero-order valence-corrected chi connectivity index (χ0v) is 13.7. The Morgan fingerprint density at radius 1 is 1.56 bits per heavy atom. The average molecular weight is 382 g/mol. The summed E-state index contributed by atoms with van der Waals surface area (Å²) in [6.45, 7) is 3.45. The molecule has 0 radical (unpaired) electrons. The van der Waals surface area contributed by atoms with Crippen LogP contribution in [-0.4, -0.2) is 37.2 Å². The van der Waals surface area contributed by atoms with Crippen LogP contribution in [0, 0.1) is 0 Å². The van der Waals surface area contributed by atoms with Gasteiger partial charge in [0, 0.05) is 19.2 Å². The average Bonchev–Trinajstić information content (AvgIpc) is 2.87. The molecule has 1 aromatic rings. The number of furan rings is 1. The first-order chi connectivity index (χ1) is 8.54. The third kappa shape index (κ3) is 2.82. The summed E-state index contributed by atoms with van der Waals surface area (Å²) >= 11 is 6.79. The molecule has 1 aliphatic rings. The second kappa shape index (κ2) is 6.05. The number of rotatable bonds is 4. The van der Waals surface area contributed by atoms with Gasteiger partial charge >= 0.3 is 0 Å². The van der Waals surface area contributed by atoms with E-state index in [4.69, 9.17) is 14.9 Å². The van der Waals surface area contributed by atoms with Gasteiger partial charge in [-0.3, -0.25) is 4.90 Å². The second-order valence-corrected chi connectivity index (χ2v) is 6.19. The van der Waals surface area contributed by atoms with Crippen LogP contribution in [0.1, 0.15) is 25.1 Å². The highest BCUT2D eigenvalue weighted by molar-refractivity contribution is 9.13. The van der Waals surface area contributed by atoms with Crippen molar-refractivity contribution < 1.29 is 9.15 Å². The Hall–Kier alpha value is 0.120. The molecule has 0 aromatic carbocycles. The molecule has 18 heavy (non-hydrogen) atoms. The highest BCUT2D eigenvalue weighted by atomic mass is 79.9. The van der Waals surface area contributed by atoms with Crippen LogP contribution in [0.5, 0.6) is 0 Å². The molecule has 102 valence electrons. The number of ether oxygens (including phenoxy) is 1. The Morgan fingerprint density at radius 3 is 2.72 bits per heavy atom. The number of nitrogens with two attached hydrogens (primary N) is 1. The summed E-state index contributed by atoms with van der Waals surface area (Å²) in [6, 6.07) is 2.43. The van der Waals surface area contributed by atoms with Gasteiger partial charge in [-0.25, -0.2) is 0 Å². The molecular formula is C12H18Br2N2O2. The Labute approximate surface area is 124 Å². The normalized spacial score (nSPS) is 25.9. The van der Waals surface area contributed by atoms with Crippen molar-refractivity contribution in [3.8, 4) is 0 Å². The van der Waals surface area contributed by atoms with E-state index in [1.54, 1.807) is 0 Å². The Kier molecular flexibility index (Phi) is 4.88. The molecule has 1 aromatic heterocycles. The molecular weight excluding hydrogens is 364 g/mol. The van der Waals surface area contributed by atoms with Crippen LogP contribution in [0.2, 0.25) is 0 Å². The number of halogens is 2. The highest BCUT2D eigenvalue weighted by Gasteiger charge is 2.33. The van der Waals surface area contributed by atoms with Gasteiger partial charge in [-0.1, -0.05) is 0 Å². The lowest BCUT2D eigenvalue weighted by atomic mass is 10.1. The van der Waals surface area contributed by atoms with E-state index < -0.39 is 0 Å². The van der Waals surface area contributed by atoms with Gasteiger partial charge in [-0.2, -0.15) is 0 Å². The standard InChI is InChI=1S/C12H18Br2N2O2/c1-7-9(3-4-17-7)16(2)10(6-15)11-5-8(13)12(14)18-11/h5,7,9-10H,3-4,6,15H2,1-2H3. The van der Waals surface area contributed by atoms with E-state index in [1.165, 1.54) is 0 Å². The monoisotopic (exact) mass is 380 g/mol. The van der Waals surface area contributed by atoms with Gasteiger partial charge in [0.2, 0.25) is 0 Å². The molecule has 2 heterocycles. The van der Waals surface area contributed by atoms with Crippen molar-refractivity contribution in [3.63, 3.8) is 0 Å². The quantitative estimate of drug-likeness (QED) is 0.871. The van der Waals surface area contributed by atoms with Crippen molar-refractivity contribution in [2.24, 2.45) is 5.73 Å². The summed E-state index contributed by atoms with van der Waals surface area (Å²) in [6.07, 6.45) is 1.28. The maximum absolute atomic E-state index is 5.91. The van der Waals surface area contributed by atoms with Crippen molar-refractivity contribution in [1.29, 1.82) is 0 Å². The fourth-order valence-corrected chi connectivity index (χ4v) is 3.10. The highest BCUT2D eigenvalue weighted by Crippen LogP contribution is 2.33. The predicted octanol–water partition coefficient (Wildman–Crippen LogP) is 2.91. The molecule has 4 nitrogen and oxygen atoms in total. The maximum Gasteiger partial charge on any atom is 0.183 e. The molecule has 1 saturated heterocycles. The lowest BCUT2D eigenvalue weighted by Crippen LogP contribution is -2.41. The zero-order chi connectivity index (χ0) is 13.3. The van der Waals surface area contributed by atoms with E-state index in [0.29, 0.717) is 17.3 Å². The van der Waals surface area contributed by atoms with Crippen LogP contribution in [0.25, 0.3) is 0 Å². The molecule has 0 amide bonds. The van der Waals surface area contributed by atoms with Gasteiger partial charge in [0.05, 0.1) is 16.6 Å². The Balaban J connectivity index is 2.17. The van der Waals surface area contributed by atoms with Gasteiger partial charge < -0.3 is 14.9 Å². The van der Waals surface area contributed by atoms with Crippen LogP contribution < -0.4 is 5.73 Å². The van der Waals surface area contributed by atoms with Crippen molar-refractivity contribution in [3.05, 3.63) is 21.0 Å². The summed E-state index contributed by atoms with van der Waals surface area (Å²) in [5.41, 5.74) is 5.91. The van der Waals surface area contributed by atoms with E-state index in [0.717, 1.165) is 23.3 Å². The summed E-state index contributed by atoms with van der Waals surface area (Å²) in [5, 5.41) is 0. The summed E-state index contributed by atoms with van der Waals surface area (Å²) in [4.78, 5) is 2.26. The van der Waals surface area contributed by atoms with Crippen molar-refractivity contribution in [1.82, 2.24) is 4.90 Å². The molecule has 0 aliphatic carbocycles. The van der Waals surface area contributed by atoms with Crippen LogP contribution in [-0.2, 0) is 4.74 Å². The SMILES string of the molecule is CC1OCCC1N(C)C(CN)c1cc(Br)c(Br)o1. The Morgan fingerprint density at radius 2 is 2.28 bits per heavy atom. The number of nitrogens with zero attached hydrogens (tertiary/aromatic N) is 1. The molecule has 0 bridgehead atoms. The van der Waals surface area contributed by atoms with Gasteiger partial charge in [0.15, 0.2) is 4.67 Å². The van der Waals surface area contributed by atoms with Crippen LogP contribution in [0.3, 0.4) is 0 Å². The fraction of sp³-hybridized carbons (Fsp3) is 0.667.